The second-order valence-corrected chi connectivity index (χ2v) is 8.03. The first kappa shape index (κ1) is 16.6. The van der Waals surface area contributed by atoms with E-state index in [0.29, 0.717) is 0 Å². The lowest BCUT2D eigenvalue weighted by atomic mass is 9.88. The molecule has 25 heavy (non-hydrogen) atoms. The van der Waals surface area contributed by atoms with Gasteiger partial charge in [-0.3, -0.25) is 4.79 Å². The number of thiophene rings is 1. The number of carbonyl (C=O) groups is 1. The zero-order valence-electron chi connectivity index (χ0n) is 14.5. The Labute approximate surface area is 152 Å². The molecule has 2 aliphatic rings. The zero-order chi connectivity index (χ0) is 17.4. The molecular formula is C21H23NO2S. The normalized spacial score (nSPS) is 17.8. The Morgan fingerprint density at radius 3 is 2.64 bits per heavy atom. The average molecular weight is 353 g/mol. The quantitative estimate of drug-likeness (QED) is 0.887. The summed E-state index contributed by atoms with van der Waals surface area (Å²) in [6.07, 6.45) is 4.40. The van der Waals surface area contributed by atoms with Crippen LogP contribution in [0.2, 0.25) is 0 Å². The van der Waals surface area contributed by atoms with Crippen molar-refractivity contribution in [1.29, 1.82) is 0 Å². The number of aliphatic carboxylic acids is 1. The zero-order valence-corrected chi connectivity index (χ0v) is 15.4. The van der Waals surface area contributed by atoms with E-state index in [1.807, 2.05) is 17.4 Å². The third-order valence-corrected chi connectivity index (χ3v) is 6.35. The highest BCUT2D eigenvalue weighted by Crippen LogP contribution is 2.41. The minimum absolute atomic E-state index is 0.0932. The second-order valence-electron chi connectivity index (χ2n) is 7.12. The number of hydrogen-bond donors (Lipinski definition) is 1. The molecule has 4 heteroatoms. The summed E-state index contributed by atoms with van der Waals surface area (Å²) in [5, 5.41) is 11.4. The predicted molar refractivity (Wildman–Crippen MR) is 102 cm³/mol. The predicted octanol–water partition coefficient (Wildman–Crippen LogP) is 4.00. The molecule has 1 aromatic heterocycles. The number of nitrogens with zero attached hydrogens (tertiary/aromatic N) is 1. The molecular weight excluding hydrogens is 330 g/mol. The number of piperidine rings is 1. The molecule has 1 saturated heterocycles. The van der Waals surface area contributed by atoms with E-state index in [0.717, 1.165) is 44.3 Å². The Hall–Kier alpha value is -1.91. The van der Waals surface area contributed by atoms with Crippen molar-refractivity contribution in [3.63, 3.8) is 0 Å². The molecule has 0 radical (unpaired) electrons. The van der Waals surface area contributed by atoms with Crippen molar-refractivity contribution in [1.82, 2.24) is 4.90 Å². The Kier molecular flexibility index (Phi) is 4.48. The fourth-order valence-corrected chi connectivity index (χ4v) is 5.05. The van der Waals surface area contributed by atoms with E-state index in [1.165, 1.54) is 32.7 Å². The molecule has 1 aliphatic heterocycles. The molecule has 1 aromatic carbocycles. The van der Waals surface area contributed by atoms with Crippen molar-refractivity contribution in [3.8, 4) is 0 Å². The van der Waals surface area contributed by atoms with Crippen LogP contribution >= 0.6 is 11.3 Å². The van der Waals surface area contributed by atoms with Crippen molar-refractivity contribution in [3.05, 3.63) is 62.3 Å². The molecule has 2 heterocycles. The number of aryl methyl sites for hydroxylation is 2. The average Bonchev–Trinajstić information content (AvgIpc) is 2.98. The first-order valence-electron chi connectivity index (χ1n) is 8.93. The lowest BCUT2D eigenvalue weighted by molar-refractivity contribution is -0.136. The van der Waals surface area contributed by atoms with Crippen molar-refractivity contribution in [2.24, 2.45) is 0 Å². The van der Waals surface area contributed by atoms with Crippen molar-refractivity contribution < 1.29 is 9.90 Å². The van der Waals surface area contributed by atoms with E-state index in [9.17, 15) is 9.90 Å². The highest BCUT2D eigenvalue weighted by atomic mass is 32.1. The summed E-state index contributed by atoms with van der Waals surface area (Å²) in [7, 11) is 2.18. The number of carboxylic acids is 1. The van der Waals surface area contributed by atoms with Gasteiger partial charge in [-0.05, 0) is 72.0 Å². The number of fused-ring (bicyclic) bond motifs is 2. The summed E-state index contributed by atoms with van der Waals surface area (Å²) in [6.45, 7) is 2.20. The van der Waals surface area contributed by atoms with Crippen LogP contribution in [-0.2, 0) is 24.1 Å². The lowest BCUT2D eigenvalue weighted by Gasteiger charge is -2.27. The third-order valence-electron chi connectivity index (χ3n) is 5.38. The van der Waals surface area contributed by atoms with Crippen LogP contribution < -0.4 is 0 Å². The van der Waals surface area contributed by atoms with Crippen LogP contribution in [0.25, 0.3) is 5.57 Å². The Balaban J connectivity index is 1.88. The molecule has 1 aliphatic carbocycles. The first-order chi connectivity index (χ1) is 12.1. The molecule has 0 amide bonds. The molecule has 3 nitrogen and oxygen atoms in total. The second kappa shape index (κ2) is 6.77. The molecule has 4 rings (SSSR count). The van der Waals surface area contributed by atoms with Gasteiger partial charge in [0.05, 0.1) is 6.42 Å². The maximum absolute atomic E-state index is 11.2. The van der Waals surface area contributed by atoms with E-state index in [2.05, 4.69) is 35.5 Å². The number of likely N-dealkylation sites (tertiary alicyclic amines) is 1. The summed E-state index contributed by atoms with van der Waals surface area (Å²) in [6, 6.07) is 8.54. The summed E-state index contributed by atoms with van der Waals surface area (Å²) >= 11 is 1.84. The smallest absolute Gasteiger partial charge is 0.307 e. The number of carboxylic acid groups (broad SMARTS) is 1. The van der Waals surface area contributed by atoms with E-state index in [4.69, 9.17) is 0 Å². The monoisotopic (exact) mass is 353 g/mol. The fourth-order valence-electron chi connectivity index (χ4n) is 3.99. The van der Waals surface area contributed by atoms with Crippen molar-refractivity contribution in [2.75, 3.05) is 20.1 Å². The van der Waals surface area contributed by atoms with Gasteiger partial charge < -0.3 is 10.0 Å². The van der Waals surface area contributed by atoms with Crippen LogP contribution in [0.4, 0.5) is 0 Å². The Morgan fingerprint density at radius 2 is 1.88 bits per heavy atom. The fraction of sp³-hybridized carbons (Fsp3) is 0.381. The lowest BCUT2D eigenvalue weighted by Crippen LogP contribution is -2.27. The minimum atomic E-state index is -0.765. The maximum Gasteiger partial charge on any atom is 0.307 e. The van der Waals surface area contributed by atoms with E-state index < -0.39 is 5.97 Å². The standard InChI is InChI=1S/C21H23NO2S/c1-22-9-6-16(7-10-22)20-18-12-14(13-19(23)24)2-3-15(18)4-5-17-8-11-25-21(17)20/h2-3,8,11-12H,4-7,9-10,13H2,1H3,(H,23,24). The molecule has 2 aromatic rings. The molecule has 130 valence electrons. The van der Waals surface area contributed by atoms with Gasteiger partial charge in [0.2, 0.25) is 0 Å². The third kappa shape index (κ3) is 3.29. The minimum Gasteiger partial charge on any atom is -0.481 e. The van der Waals surface area contributed by atoms with Crippen molar-refractivity contribution >= 4 is 22.9 Å². The topological polar surface area (TPSA) is 40.5 Å². The molecule has 0 saturated carbocycles. The Bertz CT molecular complexity index is 839. The summed E-state index contributed by atoms with van der Waals surface area (Å²) < 4.78 is 0. The van der Waals surface area contributed by atoms with E-state index in [1.54, 1.807) is 0 Å². The molecule has 0 unspecified atom stereocenters. The summed E-state index contributed by atoms with van der Waals surface area (Å²) in [5.74, 6) is -0.765. The summed E-state index contributed by atoms with van der Waals surface area (Å²) in [4.78, 5) is 15.0. The first-order valence-corrected chi connectivity index (χ1v) is 9.81. The van der Waals surface area contributed by atoms with E-state index >= 15 is 0 Å². The van der Waals surface area contributed by atoms with Crippen LogP contribution in [0.5, 0.6) is 0 Å². The van der Waals surface area contributed by atoms with Gasteiger partial charge in [-0.15, -0.1) is 11.3 Å². The maximum atomic E-state index is 11.2. The van der Waals surface area contributed by atoms with Crippen molar-refractivity contribution in [2.45, 2.75) is 32.1 Å². The van der Waals surface area contributed by atoms with Gasteiger partial charge in [0.15, 0.2) is 0 Å². The van der Waals surface area contributed by atoms with Crippen LogP contribution in [0.15, 0.2) is 35.2 Å². The molecule has 1 N–H and O–H groups in total. The largest absolute Gasteiger partial charge is 0.481 e. The van der Waals surface area contributed by atoms with Crippen LogP contribution in [0.3, 0.4) is 0 Å². The summed E-state index contributed by atoms with van der Waals surface area (Å²) in [5.41, 5.74) is 7.92. The van der Waals surface area contributed by atoms with Crippen LogP contribution in [0, 0.1) is 0 Å². The van der Waals surface area contributed by atoms with Gasteiger partial charge in [0.25, 0.3) is 0 Å². The molecule has 1 fully saturated rings. The molecule has 0 atom stereocenters. The van der Waals surface area contributed by atoms with Gasteiger partial charge in [0.1, 0.15) is 0 Å². The van der Waals surface area contributed by atoms with Crippen LogP contribution in [-0.4, -0.2) is 36.1 Å². The number of rotatable bonds is 2. The van der Waals surface area contributed by atoms with Gasteiger partial charge >= 0.3 is 5.97 Å². The SMILES string of the molecule is CN1CCC(=C2c3cc(CC(=O)O)ccc3CCc3ccsc32)CC1. The van der Waals surface area contributed by atoms with Crippen LogP contribution in [0.1, 0.15) is 40.0 Å². The number of benzene rings is 1. The van der Waals surface area contributed by atoms with Gasteiger partial charge in [-0.2, -0.15) is 0 Å². The number of hydrogen-bond acceptors (Lipinski definition) is 3. The molecule has 0 bridgehead atoms. The van der Waals surface area contributed by atoms with Gasteiger partial charge in [-0.25, -0.2) is 0 Å². The van der Waals surface area contributed by atoms with E-state index in [-0.39, 0.29) is 6.42 Å². The molecule has 0 spiro atoms. The highest BCUT2D eigenvalue weighted by Gasteiger charge is 2.24. The van der Waals surface area contributed by atoms with Gasteiger partial charge in [0, 0.05) is 18.0 Å². The van der Waals surface area contributed by atoms with Gasteiger partial charge in [-0.1, -0.05) is 23.8 Å². The Morgan fingerprint density at radius 1 is 1.12 bits per heavy atom. The highest BCUT2D eigenvalue weighted by molar-refractivity contribution is 7.11.